The van der Waals surface area contributed by atoms with E-state index in [2.05, 4.69) is 33.6 Å². The summed E-state index contributed by atoms with van der Waals surface area (Å²) in [5.41, 5.74) is 7.25. The molecule has 0 aliphatic heterocycles. The van der Waals surface area contributed by atoms with Crippen LogP contribution in [0, 0.1) is 0 Å². The van der Waals surface area contributed by atoms with Gasteiger partial charge in [-0.1, -0.05) is 36.6 Å². The highest BCUT2D eigenvalue weighted by molar-refractivity contribution is 6.98. The summed E-state index contributed by atoms with van der Waals surface area (Å²) in [4.78, 5) is 0. The van der Waals surface area contributed by atoms with Gasteiger partial charge in [0.15, 0.2) is 0 Å². The van der Waals surface area contributed by atoms with Crippen LogP contribution in [0.5, 0.6) is 0 Å². The predicted octanol–water partition coefficient (Wildman–Crippen LogP) is 2.86. The van der Waals surface area contributed by atoms with E-state index < -0.39 is 13.3 Å². The van der Waals surface area contributed by atoms with Gasteiger partial charge in [0.1, 0.15) is 8.07 Å². The summed E-state index contributed by atoms with van der Waals surface area (Å²) >= 11 is 0. The van der Waals surface area contributed by atoms with Crippen LogP contribution in [-0.4, -0.2) is 37.4 Å². The van der Waals surface area contributed by atoms with Crippen LogP contribution in [0.4, 0.5) is 0 Å². The van der Waals surface area contributed by atoms with E-state index in [-0.39, 0.29) is 4.66 Å². The molecule has 0 aliphatic carbocycles. The SMILES string of the molecule is C=C[Si](C=C)(C=C)C[Si]C(C)(C)[Si]C(C)(C)O. The van der Waals surface area contributed by atoms with Gasteiger partial charge >= 0.3 is 0 Å². The quantitative estimate of drug-likeness (QED) is 0.678. The van der Waals surface area contributed by atoms with Crippen molar-refractivity contribution in [3.8, 4) is 0 Å². The van der Waals surface area contributed by atoms with Gasteiger partial charge < -0.3 is 5.11 Å². The van der Waals surface area contributed by atoms with Crippen molar-refractivity contribution < 1.29 is 5.11 Å². The van der Waals surface area contributed by atoms with Crippen LogP contribution in [-0.2, 0) is 0 Å². The standard InChI is InChI=1S/C13H24OSi3/c1-8-17(9-2,10-3)11-15-13(6,7)16-12(4,5)14/h8-10,14H,1-3,11H2,4-7H3. The Morgan fingerprint density at radius 2 is 1.47 bits per heavy atom. The van der Waals surface area contributed by atoms with Crippen LogP contribution in [0.1, 0.15) is 27.7 Å². The topological polar surface area (TPSA) is 20.2 Å². The summed E-state index contributed by atoms with van der Waals surface area (Å²) in [6.45, 7) is 20.0. The highest BCUT2D eigenvalue weighted by Gasteiger charge is 2.32. The smallest absolute Gasteiger partial charge is 0.121 e. The molecule has 1 N–H and O–H groups in total. The fourth-order valence-electron chi connectivity index (χ4n) is 1.65. The number of rotatable bonds is 8. The molecule has 0 atom stereocenters. The molecule has 0 unspecified atom stereocenters. The average Bonchev–Trinajstić information content (AvgIpc) is 2.17. The van der Waals surface area contributed by atoms with Gasteiger partial charge in [0.2, 0.25) is 0 Å². The van der Waals surface area contributed by atoms with Crippen LogP contribution in [0.2, 0.25) is 10.3 Å². The molecule has 0 spiro atoms. The van der Waals surface area contributed by atoms with Crippen molar-refractivity contribution >= 4 is 27.1 Å². The minimum atomic E-state index is -1.68. The maximum atomic E-state index is 9.92. The summed E-state index contributed by atoms with van der Waals surface area (Å²) in [6, 6.07) is 0. The number of hydrogen-bond acceptors (Lipinski definition) is 1. The van der Waals surface area contributed by atoms with Gasteiger partial charge in [-0.3, -0.25) is 0 Å². The van der Waals surface area contributed by atoms with Gasteiger partial charge in [-0.25, -0.2) is 0 Å². The van der Waals surface area contributed by atoms with Crippen molar-refractivity contribution in [3.05, 3.63) is 36.8 Å². The molecule has 0 saturated carbocycles. The molecule has 4 radical (unpaired) electrons. The van der Waals surface area contributed by atoms with Gasteiger partial charge in [-0.15, -0.1) is 19.7 Å². The van der Waals surface area contributed by atoms with E-state index in [0.29, 0.717) is 9.52 Å². The van der Waals surface area contributed by atoms with E-state index in [1.807, 2.05) is 30.9 Å². The van der Waals surface area contributed by atoms with Crippen molar-refractivity contribution in [2.45, 2.75) is 43.2 Å². The molecule has 0 fully saturated rings. The van der Waals surface area contributed by atoms with Gasteiger partial charge in [0.05, 0.1) is 9.52 Å². The van der Waals surface area contributed by atoms with Crippen LogP contribution >= 0.6 is 0 Å². The van der Waals surface area contributed by atoms with Crippen LogP contribution in [0.25, 0.3) is 0 Å². The molecule has 1 nitrogen and oxygen atoms in total. The van der Waals surface area contributed by atoms with Crippen molar-refractivity contribution in [1.82, 2.24) is 0 Å². The summed E-state index contributed by atoms with van der Waals surface area (Å²) in [6.07, 6.45) is 0. The Morgan fingerprint density at radius 3 is 1.76 bits per heavy atom. The van der Waals surface area contributed by atoms with E-state index >= 15 is 0 Å². The fraction of sp³-hybridized carbons (Fsp3) is 0.538. The van der Waals surface area contributed by atoms with E-state index in [0.717, 1.165) is 15.2 Å². The Balaban J connectivity index is 4.59. The monoisotopic (exact) mass is 280 g/mol. The minimum Gasteiger partial charge on any atom is -0.395 e. The van der Waals surface area contributed by atoms with Gasteiger partial charge in [-0.05, 0) is 18.5 Å². The average molecular weight is 281 g/mol. The second-order valence-electron chi connectivity index (χ2n) is 5.39. The molecule has 0 amide bonds. The van der Waals surface area contributed by atoms with Gasteiger partial charge in [0.25, 0.3) is 0 Å². The predicted molar refractivity (Wildman–Crippen MR) is 83.0 cm³/mol. The molecule has 0 aliphatic rings. The first-order valence-corrected chi connectivity index (χ1v) is 10.4. The molecule has 0 heterocycles. The molecule has 0 aromatic rings. The zero-order valence-electron chi connectivity index (χ0n) is 11.5. The molecule has 94 valence electrons. The third-order valence-corrected chi connectivity index (χ3v) is 11.1. The Labute approximate surface area is 112 Å². The highest BCUT2D eigenvalue weighted by atomic mass is 28.4. The second-order valence-corrected chi connectivity index (χ2v) is 15.1. The number of aliphatic hydroxyl groups is 1. The van der Waals surface area contributed by atoms with Gasteiger partial charge in [0, 0.05) is 14.7 Å². The fourth-order valence-corrected chi connectivity index (χ4v) is 10.5. The molecule has 0 rings (SSSR count). The van der Waals surface area contributed by atoms with Crippen LogP contribution < -0.4 is 0 Å². The lowest BCUT2D eigenvalue weighted by Gasteiger charge is -2.32. The summed E-state index contributed by atoms with van der Waals surface area (Å²) in [5, 5.41) is 9.35. The first-order chi connectivity index (χ1) is 7.60. The number of hydrogen-bond donors (Lipinski definition) is 1. The maximum Gasteiger partial charge on any atom is 0.121 e. The summed E-state index contributed by atoms with van der Waals surface area (Å²) in [5.74, 6) is 0. The Morgan fingerprint density at radius 1 is 1.06 bits per heavy atom. The minimum absolute atomic E-state index is 0.186. The molecule has 4 heteroatoms. The summed E-state index contributed by atoms with van der Waals surface area (Å²) < 4.78 is 0.186. The van der Waals surface area contributed by atoms with Gasteiger partial charge in [-0.2, -0.15) is 0 Å². The molecule has 0 aromatic carbocycles. The van der Waals surface area contributed by atoms with Crippen molar-refractivity contribution in [3.63, 3.8) is 0 Å². The molecule has 0 aromatic heterocycles. The van der Waals surface area contributed by atoms with Crippen LogP contribution in [0.3, 0.4) is 0 Å². The molecular formula is C13H24OSi3. The Kier molecular flexibility index (Phi) is 6.07. The molecular weight excluding hydrogens is 256 g/mol. The highest BCUT2D eigenvalue weighted by Crippen LogP contribution is 2.29. The van der Waals surface area contributed by atoms with E-state index in [1.165, 1.54) is 0 Å². The lowest BCUT2D eigenvalue weighted by atomic mass is 10.5. The van der Waals surface area contributed by atoms with Crippen molar-refractivity contribution in [2.24, 2.45) is 0 Å². The molecule has 17 heavy (non-hydrogen) atoms. The molecule has 0 saturated heterocycles. The zero-order chi connectivity index (χ0) is 13.7. The first-order valence-electron chi connectivity index (χ1n) is 5.77. The van der Waals surface area contributed by atoms with E-state index in [4.69, 9.17) is 0 Å². The maximum absolute atomic E-state index is 9.92. The normalized spacial score (nSPS) is 13.2. The van der Waals surface area contributed by atoms with E-state index in [1.54, 1.807) is 0 Å². The van der Waals surface area contributed by atoms with Crippen LogP contribution in [0.15, 0.2) is 36.8 Å². The third kappa shape index (κ3) is 6.35. The largest absolute Gasteiger partial charge is 0.395 e. The lowest BCUT2D eigenvalue weighted by Crippen LogP contribution is -2.40. The molecule has 0 bridgehead atoms. The Hall–Kier alpha value is -0.169. The second kappa shape index (κ2) is 6.13. The lowest BCUT2D eigenvalue weighted by molar-refractivity contribution is 0.163. The first kappa shape index (κ1) is 16.8. The third-order valence-electron chi connectivity index (χ3n) is 2.60. The Bertz CT molecular complexity index is 268. The summed E-state index contributed by atoms with van der Waals surface area (Å²) in [7, 11) is -0.325. The van der Waals surface area contributed by atoms with Crippen molar-refractivity contribution in [1.29, 1.82) is 0 Å². The van der Waals surface area contributed by atoms with Crippen molar-refractivity contribution in [2.75, 3.05) is 0 Å². The van der Waals surface area contributed by atoms with E-state index in [9.17, 15) is 5.11 Å². The zero-order valence-corrected chi connectivity index (χ0v) is 14.5.